The summed E-state index contributed by atoms with van der Waals surface area (Å²) in [5.41, 5.74) is 1.07. The Morgan fingerprint density at radius 3 is 2.38 bits per heavy atom. The van der Waals surface area contributed by atoms with Crippen molar-refractivity contribution in [2.75, 3.05) is 0 Å². The van der Waals surface area contributed by atoms with E-state index in [0.717, 1.165) is 5.56 Å². The van der Waals surface area contributed by atoms with E-state index in [0.29, 0.717) is 10.0 Å². The minimum Gasteiger partial charge on any atom is -0.0827 e. The first-order chi connectivity index (χ1) is 6.29. The molecule has 0 N–H and O–H groups in total. The normalized spacial score (nSPS) is 15.5. The zero-order chi connectivity index (χ0) is 9.26. The van der Waals surface area contributed by atoms with Crippen LogP contribution in [0.1, 0.15) is 11.5 Å². The summed E-state index contributed by atoms with van der Waals surface area (Å²) < 4.78 is 0. The first-order valence-corrected chi connectivity index (χ1v) is 4.83. The van der Waals surface area contributed by atoms with Crippen molar-refractivity contribution < 1.29 is 0 Å². The van der Waals surface area contributed by atoms with Gasteiger partial charge in [0.2, 0.25) is 0 Å². The zero-order valence-corrected chi connectivity index (χ0v) is 8.39. The maximum absolute atomic E-state index is 6.07. The van der Waals surface area contributed by atoms with Gasteiger partial charge in [-0.05, 0) is 11.6 Å². The van der Waals surface area contributed by atoms with Gasteiger partial charge in [-0.25, -0.2) is 0 Å². The van der Waals surface area contributed by atoms with Gasteiger partial charge in [-0.3, -0.25) is 0 Å². The summed E-state index contributed by atoms with van der Waals surface area (Å²) in [6.45, 7) is 0. The summed E-state index contributed by atoms with van der Waals surface area (Å²) in [6.07, 6.45) is 8.22. The van der Waals surface area contributed by atoms with Crippen molar-refractivity contribution in [3.8, 4) is 0 Å². The largest absolute Gasteiger partial charge is 0.0827 e. The van der Waals surface area contributed by atoms with E-state index in [4.69, 9.17) is 23.2 Å². The van der Waals surface area contributed by atoms with Gasteiger partial charge in [-0.2, -0.15) is 0 Å². The van der Waals surface area contributed by atoms with Crippen molar-refractivity contribution in [2.45, 2.75) is 5.92 Å². The molecule has 1 aliphatic carbocycles. The third-order valence-corrected chi connectivity index (χ3v) is 2.92. The Morgan fingerprint density at radius 1 is 1.00 bits per heavy atom. The van der Waals surface area contributed by atoms with Crippen molar-refractivity contribution in [3.05, 3.63) is 58.1 Å². The maximum atomic E-state index is 6.07. The third-order valence-electron chi connectivity index (χ3n) is 2.09. The molecule has 13 heavy (non-hydrogen) atoms. The van der Waals surface area contributed by atoms with Crippen LogP contribution in [0.5, 0.6) is 0 Å². The van der Waals surface area contributed by atoms with Crippen molar-refractivity contribution in [1.29, 1.82) is 0 Å². The number of benzene rings is 1. The van der Waals surface area contributed by atoms with Crippen molar-refractivity contribution in [1.82, 2.24) is 0 Å². The fraction of sp³-hybridized carbons (Fsp3) is 0.0909. The molecule has 1 aromatic carbocycles. The van der Waals surface area contributed by atoms with Gasteiger partial charge >= 0.3 is 0 Å². The average Bonchev–Trinajstić information content (AvgIpc) is 2.62. The van der Waals surface area contributed by atoms with E-state index < -0.39 is 0 Å². The fourth-order valence-corrected chi connectivity index (χ4v) is 1.85. The lowest BCUT2D eigenvalue weighted by atomic mass is 10.0. The molecular weight excluding hydrogens is 203 g/mol. The van der Waals surface area contributed by atoms with E-state index in [9.17, 15) is 0 Å². The molecule has 1 aromatic rings. The predicted octanol–water partition coefficient (Wildman–Crippen LogP) is 4.20. The second-order valence-electron chi connectivity index (χ2n) is 2.94. The van der Waals surface area contributed by atoms with Crippen LogP contribution in [0, 0.1) is 0 Å². The summed E-state index contributed by atoms with van der Waals surface area (Å²) in [4.78, 5) is 0. The lowest BCUT2D eigenvalue weighted by molar-refractivity contribution is 1.10. The molecule has 66 valence electrons. The molecule has 0 amide bonds. The van der Waals surface area contributed by atoms with E-state index in [1.807, 2.05) is 24.3 Å². The minimum atomic E-state index is 0.284. The average molecular weight is 211 g/mol. The molecule has 0 heterocycles. The van der Waals surface area contributed by atoms with Crippen molar-refractivity contribution >= 4 is 23.2 Å². The molecule has 2 rings (SSSR count). The summed E-state index contributed by atoms with van der Waals surface area (Å²) >= 11 is 12.0. The molecule has 0 atom stereocenters. The van der Waals surface area contributed by atoms with Crippen LogP contribution in [0.4, 0.5) is 0 Å². The van der Waals surface area contributed by atoms with Gasteiger partial charge in [-0.1, -0.05) is 59.6 Å². The fourth-order valence-electron chi connectivity index (χ4n) is 1.42. The van der Waals surface area contributed by atoms with Crippen LogP contribution in [0.15, 0.2) is 42.5 Å². The van der Waals surface area contributed by atoms with E-state index >= 15 is 0 Å². The monoisotopic (exact) mass is 210 g/mol. The third kappa shape index (κ3) is 1.65. The highest BCUT2D eigenvalue weighted by Gasteiger charge is 2.12. The molecule has 0 nitrogen and oxygen atoms in total. The van der Waals surface area contributed by atoms with Crippen LogP contribution >= 0.6 is 23.2 Å². The molecule has 0 unspecified atom stereocenters. The summed E-state index contributed by atoms with van der Waals surface area (Å²) in [7, 11) is 0. The Bertz CT molecular complexity index is 366. The smallest absolute Gasteiger partial charge is 0.0633 e. The van der Waals surface area contributed by atoms with Crippen LogP contribution in [-0.2, 0) is 0 Å². The Morgan fingerprint density at radius 2 is 1.69 bits per heavy atom. The van der Waals surface area contributed by atoms with Gasteiger partial charge in [-0.15, -0.1) is 0 Å². The summed E-state index contributed by atoms with van der Waals surface area (Å²) in [5, 5.41) is 1.28. The second-order valence-corrected chi connectivity index (χ2v) is 3.72. The molecule has 0 saturated carbocycles. The number of rotatable bonds is 1. The van der Waals surface area contributed by atoms with E-state index in [1.165, 1.54) is 0 Å². The van der Waals surface area contributed by atoms with Gasteiger partial charge in [0.15, 0.2) is 0 Å². The molecule has 0 saturated heterocycles. The topological polar surface area (TPSA) is 0 Å². The molecule has 0 radical (unpaired) electrons. The first kappa shape index (κ1) is 8.86. The number of hydrogen-bond acceptors (Lipinski definition) is 0. The van der Waals surface area contributed by atoms with E-state index in [1.54, 1.807) is 6.07 Å². The SMILES string of the molecule is Clc1cccc(C2C=CC=C2)c1Cl. The highest BCUT2D eigenvalue weighted by Crippen LogP contribution is 2.33. The minimum absolute atomic E-state index is 0.284. The van der Waals surface area contributed by atoms with Gasteiger partial charge in [0.05, 0.1) is 10.0 Å². The highest BCUT2D eigenvalue weighted by atomic mass is 35.5. The molecule has 2 heteroatoms. The van der Waals surface area contributed by atoms with Crippen molar-refractivity contribution in [2.24, 2.45) is 0 Å². The van der Waals surface area contributed by atoms with Crippen LogP contribution in [0.2, 0.25) is 10.0 Å². The lowest BCUT2D eigenvalue weighted by Crippen LogP contribution is -1.90. The van der Waals surface area contributed by atoms with Crippen LogP contribution in [0.3, 0.4) is 0 Å². The van der Waals surface area contributed by atoms with Crippen LogP contribution < -0.4 is 0 Å². The van der Waals surface area contributed by atoms with Crippen LogP contribution in [-0.4, -0.2) is 0 Å². The predicted molar refractivity (Wildman–Crippen MR) is 57.5 cm³/mol. The summed E-state index contributed by atoms with van der Waals surface area (Å²) in [6, 6.07) is 5.72. The van der Waals surface area contributed by atoms with Crippen molar-refractivity contribution in [3.63, 3.8) is 0 Å². The van der Waals surface area contributed by atoms with E-state index in [-0.39, 0.29) is 5.92 Å². The molecule has 0 fully saturated rings. The highest BCUT2D eigenvalue weighted by molar-refractivity contribution is 6.42. The molecule has 0 bridgehead atoms. The standard InChI is InChI=1S/C11H8Cl2/c12-10-7-3-6-9(11(10)13)8-4-1-2-5-8/h1-8H. The molecule has 0 aliphatic heterocycles. The Hall–Kier alpha value is -0.720. The van der Waals surface area contributed by atoms with Gasteiger partial charge in [0, 0.05) is 5.92 Å². The lowest BCUT2D eigenvalue weighted by Gasteiger charge is -2.08. The zero-order valence-electron chi connectivity index (χ0n) is 6.87. The Balaban J connectivity index is 2.45. The Kier molecular flexibility index (Phi) is 2.43. The van der Waals surface area contributed by atoms with Crippen LogP contribution in [0.25, 0.3) is 0 Å². The van der Waals surface area contributed by atoms with E-state index in [2.05, 4.69) is 12.2 Å². The number of hydrogen-bond donors (Lipinski definition) is 0. The summed E-state index contributed by atoms with van der Waals surface area (Å²) in [5.74, 6) is 0.284. The second kappa shape index (κ2) is 3.57. The van der Waals surface area contributed by atoms with Gasteiger partial charge < -0.3 is 0 Å². The molecular formula is C11H8Cl2. The molecule has 0 spiro atoms. The molecule has 1 aliphatic rings. The Labute approximate surface area is 87.5 Å². The molecule has 0 aromatic heterocycles. The number of allylic oxidation sites excluding steroid dienone is 4. The maximum Gasteiger partial charge on any atom is 0.0633 e. The van der Waals surface area contributed by atoms with Gasteiger partial charge in [0.25, 0.3) is 0 Å². The quantitative estimate of drug-likeness (QED) is 0.652. The first-order valence-electron chi connectivity index (χ1n) is 4.08. The van der Waals surface area contributed by atoms with Gasteiger partial charge in [0.1, 0.15) is 0 Å². The number of halogens is 2.